The third-order valence-corrected chi connectivity index (χ3v) is 4.91. The van der Waals surface area contributed by atoms with E-state index in [9.17, 15) is 0 Å². The van der Waals surface area contributed by atoms with Gasteiger partial charge in [0.1, 0.15) is 5.69 Å². The molecule has 0 spiro atoms. The van der Waals surface area contributed by atoms with Crippen LogP contribution in [0.25, 0.3) is 22.8 Å². The summed E-state index contributed by atoms with van der Waals surface area (Å²) >= 11 is 0. The molecule has 6 heteroatoms. The number of nitrogens with zero attached hydrogens (tertiary/aromatic N) is 5. The third-order valence-electron chi connectivity index (χ3n) is 4.91. The molecular weight excluding hydrogens is 326 g/mol. The van der Waals surface area contributed by atoms with E-state index in [0.29, 0.717) is 0 Å². The van der Waals surface area contributed by atoms with E-state index in [1.165, 1.54) is 0 Å². The average Bonchev–Trinajstić information content (AvgIpc) is 3.34. The molecule has 0 amide bonds. The monoisotopic (exact) mass is 351 g/mol. The van der Waals surface area contributed by atoms with Crippen LogP contribution in [0.1, 0.15) is 6.92 Å². The van der Waals surface area contributed by atoms with Gasteiger partial charge in [-0.15, -0.1) is 0 Å². The van der Waals surface area contributed by atoms with Crippen LogP contribution in [0.4, 0.5) is 0 Å². The Morgan fingerprint density at radius 2 is 1.81 bits per heavy atom. The molecule has 1 aromatic carbocycles. The highest BCUT2D eigenvalue weighted by Crippen LogP contribution is 2.30. The standard InChI is InChI=1S/C20H25N5O/c1-2-24-9-8-21-20(24)19-18(17-6-4-3-5-7-17)22-16-25(19)11-10-23-12-14-26-15-13-23/h3-9,16H,2,10-15H2,1H3. The summed E-state index contributed by atoms with van der Waals surface area (Å²) in [6.45, 7) is 8.57. The van der Waals surface area contributed by atoms with E-state index in [1.54, 1.807) is 0 Å². The van der Waals surface area contributed by atoms with Crippen molar-refractivity contribution in [3.63, 3.8) is 0 Å². The number of aryl methyl sites for hydroxylation is 1. The van der Waals surface area contributed by atoms with Gasteiger partial charge >= 0.3 is 0 Å². The highest BCUT2D eigenvalue weighted by atomic mass is 16.5. The molecule has 0 unspecified atom stereocenters. The lowest BCUT2D eigenvalue weighted by molar-refractivity contribution is 0.0364. The molecule has 0 N–H and O–H groups in total. The Labute approximate surface area is 154 Å². The van der Waals surface area contributed by atoms with E-state index < -0.39 is 0 Å². The minimum atomic E-state index is 0.826. The molecule has 2 aromatic heterocycles. The van der Waals surface area contributed by atoms with Gasteiger partial charge in [-0.3, -0.25) is 4.90 Å². The quantitative estimate of drug-likeness (QED) is 0.685. The van der Waals surface area contributed by atoms with Crippen LogP contribution in [0.5, 0.6) is 0 Å². The van der Waals surface area contributed by atoms with Gasteiger partial charge in [0, 0.05) is 50.7 Å². The number of rotatable bonds is 6. The molecule has 26 heavy (non-hydrogen) atoms. The number of morpholine rings is 1. The highest BCUT2D eigenvalue weighted by molar-refractivity contribution is 5.75. The molecule has 0 atom stereocenters. The van der Waals surface area contributed by atoms with Crippen molar-refractivity contribution in [1.29, 1.82) is 0 Å². The lowest BCUT2D eigenvalue weighted by Gasteiger charge is -2.26. The first-order valence-corrected chi connectivity index (χ1v) is 9.29. The number of ether oxygens (including phenoxy) is 1. The third kappa shape index (κ3) is 3.43. The van der Waals surface area contributed by atoms with Gasteiger partial charge in [0.2, 0.25) is 0 Å². The molecule has 3 heterocycles. The van der Waals surface area contributed by atoms with Gasteiger partial charge < -0.3 is 13.9 Å². The minimum Gasteiger partial charge on any atom is -0.379 e. The number of aromatic nitrogens is 4. The van der Waals surface area contributed by atoms with Crippen LogP contribution in [-0.4, -0.2) is 56.9 Å². The Hall–Kier alpha value is -2.44. The summed E-state index contributed by atoms with van der Waals surface area (Å²) in [6.07, 6.45) is 5.85. The van der Waals surface area contributed by atoms with Crippen LogP contribution >= 0.6 is 0 Å². The Balaban J connectivity index is 1.68. The molecule has 0 bridgehead atoms. The van der Waals surface area contributed by atoms with Gasteiger partial charge in [0.05, 0.1) is 25.2 Å². The molecule has 0 aliphatic carbocycles. The average molecular weight is 351 g/mol. The Bertz CT molecular complexity index is 833. The molecule has 1 fully saturated rings. The van der Waals surface area contributed by atoms with Crippen LogP contribution < -0.4 is 0 Å². The van der Waals surface area contributed by atoms with Gasteiger partial charge in [-0.1, -0.05) is 30.3 Å². The molecule has 1 saturated heterocycles. The topological polar surface area (TPSA) is 48.1 Å². The molecule has 6 nitrogen and oxygen atoms in total. The van der Waals surface area contributed by atoms with Crippen molar-refractivity contribution in [3.05, 3.63) is 49.1 Å². The summed E-state index contributed by atoms with van der Waals surface area (Å²) in [6, 6.07) is 10.4. The fourth-order valence-corrected chi connectivity index (χ4v) is 3.45. The molecule has 0 saturated carbocycles. The molecule has 1 aliphatic heterocycles. The van der Waals surface area contributed by atoms with Gasteiger partial charge in [-0.05, 0) is 6.92 Å². The van der Waals surface area contributed by atoms with E-state index >= 15 is 0 Å². The molecule has 3 aromatic rings. The Kier molecular flexibility index (Phi) is 5.13. The fraction of sp³-hybridized carbons (Fsp3) is 0.400. The lowest BCUT2D eigenvalue weighted by Crippen LogP contribution is -2.38. The fourth-order valence-electron chi connectivity index (χ4n) is 3.45. The van der Waals surface area contributed by atoms with E-state index in [4.69, 9.17) is 9.72 Å². The molecular formula is C20H25N5O. The SMILES string of the molecule is CCn1ccnc1-c1c(-c2ccccc2)ncn1CCN1CCOCC1. The first-order valence-electron chi connectivity index (χ1n) is 9.29. The molecule has 0 radical (unpaired) electrons. The van der Waals surface area contributed by atoms with Crippen molar-refractivity contribution in [1.82, 2.24) is 24.0 Å². The summed E-state index contributed by atoms with van der Waals surface area (Å²) in [5.74, 6) is 0.978. The van der Waals surface area contributed by atoms with Crippen LogP contribution in [0, 0.1) is 0 Å². The van der Waals surface area contributed by atoms with Crippen molar-refractivity contribution in [2.45, 2.75) is 20.0 Å². The second-order valence-electron chi connectivity index (χ2n) is 6.49. The normalized spacial score (nSPS) is 15.4. The van der Waals surface area contributed by atoms with Crippen LogP contribution in [0.3, 0.4) is 0 Å². The number of imidazole rings is 2. The minimum absolute atomic E-state index is 0.826. The van der Waals surface area contributed by atoms with Crippen molar-refractivity contribution in [2.24, 2.45) is 0 Å². The van der Waals surface area contributed by atoms with Crippen LogP contribution in [0.2, 0.25) is 0 Å². The van der Waals surface area contributed by atoms with Gasteiger partial charge in [-0.2, -0.15) is 0 Å². The highest BCUT2D eigenvalue weighted by Gasteiger charge is 2.19. The second kappa shape index (κ2) is 7.85. The van der Waals surface area contributed by atoms with Gasteiger partial charge in [0.25, 0.3) is 0 Å². The number of hydrogen-bond acceptors (Lipinski definition) is 4. The van der Waals surface area contributed by atoms with E-state index in [-0.39, 0.29) is 0 Å². The lowest BCUT2D eigenvalue weighted by atomic mass is 10.1. The van der Waals surface area contributed by atoms with Crippen molar-refractivity contribution in [3.8, 4) is 22.8 Å². The zero-order chi connectivity index (χ0) is 17.8. The Morgan fingerprint density at radius 3 is 2.58 bits per heavy atom. The zero-order valence-corrected chi connectivity index (χ0v) is 15.2. The summed E-state index contributed by atoms with van der Waals surface area (Å²) in [4.78, 5) is 11.8. The molecule has 136 valence electrons. The van der Waals surface area contributed by atoms with Crippen molar-refractivity contribution in [2.75, 3.05) is 32.8 Å². The maximum atomic E-state index is 5.45. The van der Waals surface area contributed by atoms with E-state index in [2.05, 4.69) is 50.2 Å². The van der Waals surface area contributed by atoms with Crippen LogP contribution in [-0.2, 0) is 17.8 Å². The number of hydrogen-bond donors (Lipinski definition) is 0. The first-order chi connectivity index (χ1) is 12.9. The summed E-state index contributed by atoms with van der Waals surface area (Å²) < 4.78 is 9.87. The zero-order valence-electron chi connectivity index (χ0n) is 15.2. The van der Waals surface area contributed by atoms with E-state index in [1.807, 2.05) is 24.8 Å². The maximum Gasteiger partial charge on any atom is 0.158 e. The van der Waals surface area contributed by atoms with Crippen LogP contribution in [0.15, 0.2) is 49.1 Å². The molecule has 4 rings (SSSR count). The van der Waals surface area contributed by atoms with Gasteiger partial charge in [0.15, 0.2) is 5.82 Å². The van der Waals surface area contributed by atoms with E-state index in [0.717, 1.165) is 68.7 Å². The summed E-state index contributed by atoms with van der Waals surface area (Å²) in [5.41, 5.74) is 3.21. The Morgan fingerprint density at radius 1 is 1.00 bits per heavy atom. The van der Waals surface area contributed by atoms with Gasteiger partial charge in [-0.25, -0.2) is 9.97 Å². The second-order valence-corrected chi connectivity index (χ2v) is 6.49. The van der Waals surface area contributed by atoms with Crippen molar-refractivity contribution >= 4 is 0 Å². The predicted octanol–water partition coefficient (Wildman–Crippen LogP) is 2.77. The maximum absolute atomic E-state index is 5.45. The largest absolute Gasteiger partial charge is 0.379 e. The smallest absolute Gasteiger partial charge is 0.158 e. The summed E-state index contributed by atoms with van der Waals surface area (Å²) in [7, 11) is 0. The summed E-state index contributed by atoms with van der Waals surface area (Å²) in [5, 5.41) is 0. The first kappa shape index (κ1) is 17.0. The number of benzene rings is 1. The predicted molar refractivity (Wildman–Crippen MR) is 102 cm³/mol. The van der Waals surface area contributed by atoms with Crippen molar-refractivity contribution < 1.29 is 4.74 Å². The molecule has 1 aliphatic rings.